The topological polar surface area (TPSA) is 3.24 Å². The van der Waals surface area contributed by atoms with E-state index in [1.807, 2.05) is 0 Å². The zero-order valence-electron chi connectivity index (χ0n) is 41.7. The van der Waals surface area contributed by atoms with Gasteiger partial charge in [0.1, 0.15) is 0 Å². The van der Waals surface area contributed by atoms with E-state index in [2.05, 4.69) is 243 Å². The van der Waals surface area contributed by atoms with Gasteiger partial charge in [-0.3, -0.25) is 0 Å². The van der Waals surface area contributed by atoms with Crippen LogP contribution in [0.15, 0.2) is 224 Å². The molecule has 4 bridgehead atoms. The first-order valence-corrected chi connectivity index (χ1v) is 26.8. The first-order chi connectivity index (χ1) is 36.0. The summed E-state index contributed by atoms with van der Waals surface area (Å²) in [5, 5.41) is 7.79. The van der Waals surface area contributed by atoms with Crippen LogP contribution >= 0.6 is 0 Å². The molecule has 0 amide bonds. The van der Waals surface area contributed by atoms with E-state index in [0.717, 1.165) is 11.8 Å². The van der Waals surface area contributed by atoms with Crippen molar-refractivity contribution in [3.05, 3.63) is 247 Å². The fourth-order valence-corrected chi connectivity index (χ4v) is 15.6. The molecule has 0 radical (unpaired) electrons. The summed E-state index contributed by atoms with van der Waals surface area (Å²) in [6.07, 6.45) is 6.66. The van der Waals surface area contributed by atoms with E-state index in [1.54, 1.807) is 11.1 Å². The zero-order valence-corrected chi connectivity index (χ0v) is 41.7. The van der Waals surface area contributed by atoms with E-state index < -0.39 is 0 Å². The highest BCUT2D eigenvalue weighted by molar-refractivity contribution is 6.22. The highest BCUT2D eigenvalue weighted by Crippen LogP contribution is 2.71. The zero-order chi connectivity index (χ0) is 48.4. The van der Waals surface area contributed by atoms with Gasteiger partial charge >= 0.3 is 0 Å². The number of para-hydroxylation sites is 1. The van der Waals surface area contributed by atoms with Crippen LogP contribution in [0.3, 0.4) is 0 Å². The molecule has 4 fully saturated rings. The number of hydrogen-bond donors (Lipinski definition) is 0. The van der Waals surface area contributed by atoms with E-state index in [0.29, 0.717) is 11.8 Å². The van der Waals surface area contributed by atoms with Crippen molar-refractivity contribution in [2.75, 3.05) is 4.90 Å². The minimum atomic E-state index is -0.114. The molecule has 73 heavy (non-hydrogen) atoms. The van der Waals surface area contributed by atoms with E-state index in [1.165, 1.54) is 148 Å². The lowest BCUT2D eigenvalue weighted by Crippen LogP contribution is -2.55. The number of rotatable bonds is 7. The average Bonchev–Trinajstić information content (AvgIpc) is 3.85. The Morgan fingerprint density at radius 3 is 1.58 bits per heavy atom. The van der Waals surface area contributed by atoms with Gasteiger partial charge in [0.05, 0.1) is 0 Å². The molecule has 11 aromatic carbocycles. The maximum absolute atomic E-state index is 2.74. The number of hydrogen-bond acceptors (Lipinski definition) is 1. The van der Waals surface area contributed by atoms with Crippen LogP contribution in [0.1, 0.15) is 54.4 Å². The highest BCUT2D eigenvalue weighted by Gasteiger charge is 2.62. The Morgan fingerprint density at radius 1 is 0.329 bits per heavy atom. The van der Waals surface area contributed by atoms with Gasteiger partial charge in [0.2, 0.25) is 0 Å². The lowest BCUT2D eigenvalue weighted by molar-refractivity contribution is -0.0399. The lowest BCUT2D eigenvalue weighted by atomic mass is 9.43. The molecule has 5 aliphatic carbocycles. The van der Waals surface area contributed by atoms with Gasteiger partial charge in [-0.1, -0.05) is 176 Å². The molecule has 0 atom stereocenters. The summed E-state index contributed by atoms with van der Waals surface area (Å²) in [5.41, 5.74) is 22.6. The molecule has 1 spiro atoms. The summed E-state index contributed by atoms with van der Waals surface area (Å²) < 4.78 is 0. The quantitative estimate of drug-likeness (QED) is 0.144. The molecule has 1 heteroatoms. The van der Waals surface area contributed by atoms with Crippen LogP contribution in [0.5, 0.6) is 0 Å². The Balaban J connectivity index is 1.01. The van der Waals surface area contributed by atoms with E-state index >= 15 is 0 Å². The van der Waals surface area contributed by atoms with Gasteiger partial charge in [-0.05, 0) is 228 Å². The Hall–Kier alpha value is -8.00. The molecule has 0 aromatic heterocycles. The molecule has 5 aliphatic rings. The number of anilines is 3. The van der Waals surface area contributed by atoms with Crippen LogP contribution in [0.4, 0.5) is 17.1 Å². The highest BCUT2D eigenvalue weighted by atomic mass is 15.1. The fourth-order valence-electron chi connectivity index (χ4n) is 15.6. The Labute approximate surface area is 429 Å². The summed E-state index contributed by atoms with van der Waals surface area (Å²) in [6, 6.07) is 85.2. The molecule has 0 heterocycles. The predicted molar refractivity (Wildman–Crippen MR) is 308 cm³/mol. The second kappa shape index (κ2) is 16.5. The molecule has 0 N–H and O–H groups in total. The Bertz CT molecular complexity index is 3930. The van der Waals surface area contributed by atoms with Gasteiger partial charge in [0, 0.05) is 22.5 Å². The van der Waals surface area contributed by atoms with E-state index in [4.69, 9.17) is 0 Å². The Morgan fingerprint density at radius 2 is 0.890 bits per heavy atom. The van der Waals surface area contributed by atoms with Gasteiger partial charge in [0.25, 0.3) is 0 Å². The standard InChI is InChI=1S/C72H57N/c1-45-18-9-12-27-60(45)65-43-59(73(57-24-7-4-8-25-57)58-26-17-23-52(41-58)49-19-5-3-6-20-49)44-67-71(65)68-46(2)34-54(42-66(68)72(67)55-36-47-35-48(38-55)39-56(72)37-47)70-63-30-15-13-28-61(63)69(62-29-14-16-31-64(62)70)53-33-32-50-21-10-11-22-51(50)40-53/h3-34,40-44,47-48,55-56H,35-39H2,1-2H3. The number of benzene rings is 11. The molecule has 1 nitrogen and oxygen atoms in total. The molecule has 0 saturated heterocycles. The summed E-state index contributed by atoms with van der Waals surface area (Å²) in [4.78, 5) is 2.55. The molecular formula is C72H57N. The molecule has 0 unspecified atom stereocenters. The maximum atomic E-state index is 2.74. The first kappa shape index (κ1) is 42.7. The molecule has 16 rings (SSSR count). The molecule has 350 valence electrons. The van der Waals surface area contributed by atoms with Gasteiger partial charge < -0.3 is 4.90 Å². The maximum Gasteiger partial charge on any atom is 0.0471 e. The van der Waals surface area contributed by atoms with Crippen molar-refractivity contribution in [3.8, 4) is 55.6 Å². The van der Waals surface area contributed by atoms with E-state index in [9.17, 15) is 0 Å². The second-order valence-electron chi connectivity index (χ2n) is 22.1. The number of aryl methyl sites for hydroxylation is 2. The van der Waals surface area contributed by atoms with Crippen LogP contribution in [0.2, 0.25) is 0 Å². The van der Waals surface area contributed by atoms with Gasteiger partial charge in [-0.25, -0.2) is 0 Å². The normalized spacial score (nSPS) is 20.2. The number of fused-ring (bicyclic) bond motifs is 6. The summed E-state index contributed by atoms with van der Waals surface area (Å²) in [6.45, 7) is 4.75. The van der Waals surface area contributed by atoms with E-state index in [-0.39, 0.29) is 5.41 Å². The minimum Gasteiger partial charge on any atom is -0.310 e. The summed E-state index contributed by atoms with van der Waals surface area (Å²) in [5.74, 6) is 2.80. The molecular weight excluding hydrogens is 879 g/mol. The fraction of sp³-hybridized carbons (Fsp3) is 0.167. The van der Waals surface area contributed by atoms with Crippen molar-refractivity contribution >= 4 is 49.4 Å². The van der Waals surface area contributed by atoms with Crippen LogP contribution < -0.4 is 4.90 Å². The predicted octanol–water partition coefficient (Wildman–Crippen LogP) is 19.6. The van der Waals surface area contributed by atoms with Crippen LogP contribution in [0, 0.1) is 37.5 Å². The molecule has 0 aliphatic heterocycles. The third kappa shape index (κ3) is 6.47. The minimum absolute atomic E-state index is 0.114. The van der Waals surface area contributed by atoms with Crippen molar-refractivity contribution in [2.24, 2.45) is 23.7 Å². The smallest absolute Gasteiger partial charge is 0.0471 e. The monoisotopic (exact) mass is 935 g/mol. The molecule has 4 saturated carbocycles. The average molecular weight is 936 g/mol. The van der Waals surface area contributed by atoms with Gasteiger partial charge in [-0.15, -0.1) is 0 Å². The van der Waals surface area contributed by atoms with Crippen molar-refractivity contribution in [1.29, 1.82) is 0 Å². The van der Waals surface area contributed by atoms with Crippen molar-refractivity contribution in [3.63, 3.8) is 0 Å². The van der Waals surface area contributed by atoms with Crippen molar-refractivity contribution in [1.82, 2.24) is 0 Å². The second-order valence-corrected chi connectivity index (χ2v) is 22.1. The molecule has 11 aromatic rings. The van der Waals surface area contributed by atoms with Gasteiger partial charge in [-0.2, -0.15) is 0 Å². The third-order valence-corrected chi connectivity index (χ3v) is 18.2. The largest absolute Gasteiger partial charge is 0.310 e. The van der Waals surface area contributed by atoms with Crippen LogP contribution in [-0.2, 0) is 5.41 Å². The number of nitrogens with zero attached hydrogens (tertiary/aromatic N) is 1. The van der Waals surface area contributed by atoms with Gasteiger partial charge in [0.15, 0.2) is 0 Å². The van der Waals surface area contributed by atoms with Crippen molar-refractivity contribution in [2.45, 2.75) is 51.4 Å². The summed E-state index contributed by atoms with van der Waals surface area (Å²) >= 11 is 0. The summed E-state index contributed by atoms with van der Waals surface area (Å²) in [7, 11) is 0. The van der Waals surface area contributed by atoms with Crippen molar-refractivity contribution < 1.29 is 0 Å². The van der Waals surface area contributed by atoms with Crippen LogP contribution in [-0.4, -0.2) is 0 Å². The first-order valence-electron chi connectivity index (χ1n) is 26.8. The van der Waals surface area contributed by atoms with Crippen LogP contribution in [0.25, 0.3) is 88.0 Å². The lowest BCUT2D eigenvalue weighted by Gasteiger charge is -2.61. The SMILES string of the molecule is Cc1ccccc1-c1cc(N(c2ccccc2)c2cccc(-c3ccccc3)c2)cc2c1-c1c(C)cc(-c3c4ccccc4c(-c4ccc5ccccc5c4)c4ccccc34)cc1C21C2CC3CC(C2)CC1C3. The Kier molecular flexibility index (Phi) is 9.65. The third-order valence-electron chi connectivity index (χ3n) is 18.2.